The van der Waals surface area contributed by atoms with E-state index in [4.69, 9.17) is 11.6 Å². The summed E-state index contributed by atoms with van der Waals surface area (Å²) >= 11 is 8.23. The lowest BCUT2D eigenvalue weighted by molar-refractivity contribution is -0.116. The zero-order valence-electron chi connectivity index (χ0n) is 13.9. The molecule has 0 unspecified atom stereocenters. The molecule has 0 saturated carbocycles. The Kier molecular flexibility index (Phi) is 5.92. The van der Waals surface area contributed by atoms with Gasteiger partial charge in [0.2, 0.25) is 5.91 Å². The molecule has 0 fully saturated rings. The van der Waals surface area contributed by atoms with Crippen LogP contribution in [0, 0.1) is 16.3 Å². The second kappa shape index (κ2) is 8.17. The van der Waals surface area contributed by atoms with Crippen molar-refractivity contribution in [2.24, 2.45) is 0 Å². The third kappa shape index (κ3) is 4.82. The highest BCUT2D eigenvalue weighted by Gasteiger charge is 2.09. The molecule has 0 radical (unpaired) electrons. The van der Waals surface area contributed by atoms with E-state index in [0.29, 0.717) is 30.4 Å². The van der Waals surface area contributed by atoms with Crippen molar-refractivity contribution in [1.29, 1.82) is 0 Å². The number of anilines is 1. The maximum atomic E-state index is 13.1. The number of halogens is 3. The molecule has 0 bridgehead atoms. The molecule has 3 aromatic rings. The minimum absolute atomic E-state index is 0.141. The van der Waals surface area contributed by atoms with E-state index >= 15 is 0 Å². The van der Waals surface area contributed by atoms with E-state index in [-0.39, 0.29) is 11.7 Å². The van der Waals surface area contributed by atoms with Gasteiger partial charge in [-0.2, -0.15) is 10.2 Å². The topological polar surface area (TPSA) is 64.7 Å². The number of carbonyl (C=O) groups is 1. The number of aryl methyl sites for hydroxylation is 2. The number of hydrogen-bond acceptors (Lipinski definition) is 3. The van der Waals surface area contributed by atoms with E-state index in [1.165, 1.54) is 12.1 Å². The molecular weight excluding hydrogens is 472 g/mol. The summed E-state index contributed by atoms with van der Waals surface area (Å²) in [6.07, 6.45) is 3.94. The maximum absolute atomic E-state index is 13.1. The van der Waals surface area contributed by atoms with Gasteiger partial charge in [0, 0.05) is 36.4 Å². The quantitative estimate of drug-likeness (QED) is 0.537. The molecule has 0 aliphatic carbocycles. The van der Waals surface area contributed by atoms with Crippen molar-refractivity contribution in [2.45, 2.75) is 26.4 Å². The standard InChI is InChI=1S/C17H16ClFIN5O/c1-11-15(20)10-25(22-11)7-5-17(26)21-16-4-6-24(23-16)9-12-2-3-13(19)8-14(12)18/h2-4,6,8,10H,5,7,9H2,1H3,(H,21,23,26). The number of carbonyl (C=O) groups excluding carboxylic acids is 1. The normalized spacial score (nSPS) is 10.9. The lowest BCUT2D eigenvalue weighted by Crippen LogP contribution is -2.15. The summed E-state index contributed by atoms with van der Waals surface area (Å²) in [7, 11) is 0. The summed E-state index contributed by atoms with van der Waals surface area (Å²) in [4.78, 5) is 12.1. The maximum Gasteiger partial charge on any atom is 0.227 e. The highest BCUT2D eigenvalue weighted by atomic mass is 127. The summed E-state index contributed by atoms with van der Waals surface area (Å²) in [6.45, 7) is 2.82. The van der Waals surface area contributed by atoms with Crippen LogP contribution in [0.4, 0.5) is 10.2 Å². The minimum Gasteiger partial charge on any atom is -0.309 e. The van der Waals surface area contributed by atoms with Gasteiger partial charge in [-0.25, -0.2) is 4.39 Å². The number of nitrogens with zero attached hydrogens (tertiary/aromatic N) is 4. The third-order valence-electron chi connectivity index (χ3n) is 3.71. The molecule has 26 heavy (non-hydrogen) atoms. The molecule has 0 aliphatic heterocycles. The largest absolute Gasteiger partial charge is 0.309 e. The van der Waals surface area contributed by atoms with Crippen LogP contribution >= 0.6 is 34.2 Å². The predicted molar refractivity (Wildman–Crippen MR) is 106 cm³/mol. The lowest BCUT2D eigenvalue weighted by atomic mass is 10.2. The van der Waals surface area contributed by atoms with E-state index in [1.807, 2.05) is 13.1 Å². The summed E-state index contributed by atoms with van der Waals surface area (Å²) in [5.41, 5.74) is 1.70. The SMILES string of the molecule is Cc1nn(CCC(=O)Nc2ccn(Cc3ccc(F)cc3Cl)n2)cc1I. The van der Waals surface area contributed by atoms with Gasteiger partial charge in [-0.15, -0.1) is 0 Å². The average molecular weight is 488 g/mol. The summed E-state index contributed by atoms with van der Waals surface area (Å²) in [6, 6.07) is 5.94. The molecule has 0 atom stereocenters. The van der Waals surface area contributed by atoms with Crippen LogP contribution < -0.4 is 5.32 Å². The molecule has 6 nitrogen and oxygen atoms in total. The van der Waals surface area contributed by atoms with Gasteiger partial charge in [0.1, 0.15) is 5.82 Å². The molecule has 0 spiro atoms. The van der Waals surface area contributed by atoms with Crippen molar-refractivity contribution >= 4 is 45.9 Å². The first-order valence-corrected chi connectivity index (χ1v) is 9.33. The molecule has 1 N–H and O–H groups in total. The number of hydrogen-bond donors (Lipinski definition) is 1. The Hall–Kier alpha value is -1.94. The van der Waals surface area contributed by atoms with Gasteiger partial charge in [-0.1, -0.05) is 17.7 Å². The van der Waals surface area contributed by atoms with Crippen LogP contribution in [0.25, 0.3) is 0 Å². The Bertz CT molecular complexity index is 920. The summed E-state index contributed by atoms with van der Waals surface area (Å²) in [5.74, 6) is -0.0630. The van der Waals surface area contributed by atoms with Gasteiger partial charge in [-0.3, -0.25) is 14.2 Å². The van der Waals surface area contributed by atoms with Crippen LogP contribution in [-0.2, 0) is 17.9 Å². The summed E-state index contributed by atoms with van der Waals surface area (Å²) in [5, 5.41) is 11.7. The highest BCUT2D eigenvalue weighted by Crippen LogP contribution is 2.18. The number of rotatable bonds is 6. The molecule has 136 valence electrons. The van der Waals surface area contributed by atoms with E-state index in [0.717, 1.165) is 14.8 Å². The van der Waals surface area contributed by atoms with Crippen LogP contribution in [0.2, 0.25) is 5.02 Å². The van der Waals surface area contributed by atoms with Gasteiger partial charge in [-0.05, 0) is 47.2 Å². The molecule has 2 heterocycles. The van der Waals surface area contributed by atoms with Crippen LogP contribution in [-0.4, -0.2) is 25.5 Å². The number of benzene rings is 1. The molecule has 2 aromatic heterocycles. The monoisotopic (exact) mass is 487 g/mol. The smallest absolute Gasteiger partial charge is 0.227 e. The number of aromatic nitrogens is 4. The van der Waals surface area contributed by atoms with Crippen molar-refractivity contribution in [3.05, 3.63) is 62.3 Å². The summed E-state index contributed by atoms with van der Waals surface area (Å²) < 4.78 is 17.6. The number of amides is 1. The zero-order chi connectivity index (χ0) is 18.7. The first-order chi connectivity index (χ1) is 12.4. The molecule has 1 amide bonds. The highest BCUT2D eigenvalue weighted by molar-refractivity contribution is 14.1. The number of nitrogens with one attached hydrogen (secondary N) is 1. The molecule has 1 aromatic carbocycles. The lowest BCUT2D eigenvalue weighted by Gasteiger charge is -2.05. The Morgan fingerprint density at radius 1 is 1.31 bits per heavy atom. The fourth-order valence-electron chi connectivity index (χ4n) is 2.37. The van der Waals surface area contributed by atoms with Crippen LogP contribution in [0.3, 0.4) is 0 Å². The fourth-order valence-corrected chi connectivity index (χ4v) is 3.03. The van der Waals surface area contributed by atoms with Gasteiger partial charge >= 0.3 is 0 Å². The molecule has 9 heteroatoms. The van der Waals surface area contributed by atoms with Crippen molar-refractivity contribution in [2.75, 3.05) is 5.32 Å². The second-order valence-electron chi connectivity index (χ2n) is 5.76. The predicted octanol–water partition coefficient (Wildman–Crippen LogP) is 3.86. The Labute approximate surface area is 168 Å². The Balaban J connectivity index is 1.55. The van der Waals surface area contributed by atoms with Crippen molar-refractivity contribution in [1.82, 2.24) is 19.6 Å². The fraction of sp³-hybridized carbons (Fsp3) is 0.235. The van der Waals surface area contributed by atoms with E-state index in [9.17, 15) is 9.18 Å². The van der Waals surface area contributed by atoms with Gasteiger partial charge in [0.05, 0.1) is 15.8 Å². The molecule has 3 rings (SSSR count). The first kappa shape index (κ1) is 18.8. The van der Waals surface area contributed by atoms with E-state index in [2.05, 4.69) is 38.1 Å². The molecule has 0 saturated heterocycles. The second-order valence-corrected chi connectivity index (χ2v) is 7.33. The van der Waals surface area contributed by atoms with Crippen LogP contribution in [0.1, 0.15) is 17.7 Å². The van der Waals surface area contributed by atoms with Gasteiger partial charge in [0.25, 0.3) is 0 Å². The molecular formula is C17H16ClFIN5O. The third-order valence-corrected chi connectivity index (χ3v) is 5.12. The van der Waals surface area contributed by atoms with Gasteiger partial charge < -0.3 is 5.32 Å². The Morgan fingerprint density at radius 3 is 2.81 bits per heavy atom. The zero-order valence-corrected chi connectivity index (χ0v) is 16.8. The van der Waals surface area contributed by atoms with Crippen LogP contribution in [0.5, 0.6) is 0 Å². The Morgan fingerprint density at radius 2 is 2.12 bits per heavy atom. The minimum atomic E-state index is -0.380. The van der Waals surface area contributed by atoms with Gasteiger partial charge in [0.15, 0.2) is 5.82 Å². The van der Waals surface area contributed by atoms with Crippen LogP contribution in [0.15, 0.2) is 36.7 Å². The van der Waals surface area contributed by atoms with Crippen molar-refractivity contribution in [3.8, 4) is 0 Å². The first-order valence-electron chi connectivity index (χ1n) is 7.87. The average Bonchev–Trinajstić information content (AvgIpc) is 3.15. The van der Waals surface area contributed by atoms with Crippen molar-refractivity contribution < 1.29 is 9.18 Å². The molecule has 0 aliphatic rings. The van der Waals surface area contributed by atoms with Crippen molar-refractivity contribution in [3.63, 3.8) is 0 Å². The van der Waals surface area contributed by atoms with E-state index in [1.54, 1.807) is 27.7 Å². The van der Waals surface area contributed by atoms with E-state index < -0.39 is 0 Å².